The van der Waals surface area contributed by atoms with Gasteiger partial charge in [-0.25, -0.2) is 0 Å². The summed E-state index contributed by atoms with van der Waals surface area (Å²) >= 11 is 0. The Bertz CT molecular complexity index is 736. The van der Waals surface area contributed by atoms with Gasteiger partial charge >= 0.3 is 0 Å². The van der Waals surface area contributed by atoms with Crippen molar-refractivity contribution in [3.05, 3.63) is 52.9 Å². The predicted octanol–water partition coefficient (Wildman–Crippen LogP) is 3.24. The van der Waals surface area contributed by atoms with Crippen LogP contribution in [0.3, 0.4) is 0 Å². The molecule has 2 aromatic rings. The van der Waals surface area contributed by atoms with E-state index in [-0.39, 0.29) is 24.0 Å². The van der Waals surface area contributed by atoms with Crippen LogP contribution in [-0.2, 0) is 13.0 Å². The maximum atomic E-state index is 5.17. The summed E-state index contributed by atoms with van der Waals surface area (Å²) in [5.41, 5.74) is 3.65. The largest absolute Gasteiger partial charge is 0.361 e. The van der Waals surface area contributed by atoms with Gasteiger partial charge in [0.05, 0.1) is 5.69 Å². The van der Waals surface area contributed by atoms with Gasteiger partial charge in [0, 0.05) is 51.9 Å². The number of guanidine groups is 1. The molecule has 1 saturated heterocycles. The third kappa shape index (κ3) is 6.77. The highest BCUT2D eigenvalue weighted by Crippen LogP contribution is 2.10. The van der Waals surface area contributed by atoms with Crippen molar-refractivity contribution in [1.29, 1.82) is 0 Å². The van der Waals surface area contributed by atoms with Gasteiger partial charge in [0.1, 0.15) is 5.76 Å². The summed E-state index contributed by atoms with van der Waals surface area (Å²) in [6.07, 6.45) is 0.973. The fraction of sp³-hybridized carbons (Fsp3) is 0.524. The molecule has 154 valence electrons. The summed E-state index contributed by atoms with van der Waals surface area (Å²) in [5, 5.41) is 7.55. The zero-order valence-electron chi connectivity index (χ0n) is 17.1. The Morgan fingerprint density at radius 2 is 1.86 bits per heavy atom. The van der Waals surface area contributed by atoms with Crippen molar-refractivity contribution in [2.45, 2.75) is 33.7 Å². The zero-order chi connectivity index (χ0) is 19.1. The second kappa shape index (κ2) is 11.4. The van der Waals surface area contributed by atoms with Crippen molar-refractivity contribution in [1.82, 2.24) is 20.3 Å². The average molecular weight is 497 g/mol. The van der Waals surface area contributed by atoms with Gasteiger partial charge in [-0.1, -0.05) is 35.0 Å². The minimum Gasteiger partial charge on any atom is -0.361 e. The second-order valence-corrected chi connectivity index (χ2v) is 7.16. The highest BCUT2D eigenvalue weighted by Gasteiger charge is 2.20. The molecule has 2 heterocycles. The van der Waals surface area contributed by atoms with Crippen molar-refractivity contribution >= 4 is 29.9 Å². The van der Waals surface area contributed by atoms with E-state index in [9.17, 15) is 0 Å². The predicted molar refractivity (Wildman–Crippen MR) is 124 cm³/mol. The van der Waals surface area contributed by atoms with E-state index in [4.69, 9.17) is 9.52 Å². The summed E-state index contributed by atoms with van der Waals surface area (Å²) in [7, 11) is 0. The highest BCUT2D eigenvalue weighted by atomic mass is 127. The van der Waals surface area contributed by atoms with Gasteiger partial charge in [-0.2, -0.15) is 0 Å². The smallest absolute Gasteiger partial charge is 0.194 e. The summed E-state index contributed by atoms with van der Waals surface area (Å²) in [5.74, 6) is 1.90. The van der Waals surface area contributed by atoms with E-state index in [1.54, 1.807) is 0 Å². The maximum absolute atomic E-state index is 5.17. The standard InChI is InChI=1S/C21H31N5O.HI/c1-4-22-21(23-10-9-19-7-5-17(2)6-8-19)26-13-11-25(12-14-26)16-20-15-18(3)27-24-20;/h5-8,15H,4,9-14,16H2,1-3H3,(H,22,23);1H. The number of halogens is 1. The third-order valence-corrected chi connectivity index (χ3v) is 4.85. The lowest BCUT2D eigenvalue weighted by molar-refractivity contribution is 0.169. The Hall–Kier alpha value is -1.61. The van der Waals surface area contributed by atoms with E-state index >= 15 is 0 Å². The van der Waals surface area contributed by atoms with Gasteiger partial charge in [-0.15, -0.1) is 24.0 Å². The van der Waals surface area contributed by atoms with Crippen molar-refractivity contribution in [2.24, 2.45) is 4.99 Å². The molecule has 7 heteroatoms. The number of aliphatic imine (C=N–C) groups is 1. The molecule has 0 amide bonds. The number of benzene rings is 1. The fourth-order valence-corrected chi connectivity index (χ4v) is 3.31. The Morgan fingerprint density at radius 1 is 1.14 bits per heavy atom. The van der Waals surface area contributed by atoms with Crippen LogP contribution in [0.2, 0.25) is 0 Å². The zero-order valence-corrected chi connectivity index (χ0v) is 19.5. The molecule has 1 aromatic heterocycles. The van der Waals surface area contributed by atoms with Gasteiger partial charge in [0.2, 0.25) is 0 Å². The molecule has 6 nitrogen and oxygen atoms in total. The molecule has 0 radical (unpaired) electrons. The molecule has 0 bridgehead atoms. The first-order valence-electron chi connectivity index (χ1n) is 9.87. The van der Waals surface area contributed by atoms with E-state index in [1.807, 2.05) is 13.0 Å². The summed E-state index contributed by atoms with van der Waals surface area (Å²) in [4.78, 5) is 9.64. The molecular formula is C21H32IN5O. The number of aromatic nitrogens is 1. The maximum Gasteiger partial charge on any atom is 0.194 e. The van der Waals surface area contributed by atoms with Gasteiger partial charge in [-0.05, 0) is 32.8 Å². The van der Waals surface area contributed by atoms with Gasteiger partial charge < -0.3 is 14.7 Å². The van der Waals surface area contributed by atoms with Crippen LogP contribution < -0.4 is 5.32 Å². The minimum atomic E-state index is 0. The molecule has 1 N–H and O–H groups in total. The van der Waals surface area contributed by atoms with Crippen LogP contribution in [0.15, 0.2) is 39.8 Å². The highest BCUT2D eigenvalue weighted by molar-refractivity contribution is 14.0. The summed E-state index contributed by atoms with van der Waals surface area (Å²) in [6, 6.07) is 10.7. The minimum absolute atomic E-state index is 0. The molecular weight excluding hydrogens is 465 g/mol. The van der Waals surface area contributed by atoms with Crippen LogP contribution in [-0.4, -0.2) is 60.2 Å². The molecule has 0 atom stereocenters. The fourth-order valence-electron chi connectivity index (χ4n) is 3.31. The topological polar surface area (TPSA) is 56.9 Å². The van der Waals surface area contributed by atoms with Gasteiger partial charge in [-0.3, -0.25) is 9.89 Å². The molecule has 0 aliphatic carbocycles. The molecule has 1 aliphatic heterocycles. The van der Waals surface area contributed by atoms with Gasteiger partial charge in [0.15, 0.2) is 5.96 Å². The van der Waals surface area contributed by atoms with Gasteiger partial charge in [0.25, 0.3) is 0 Å². The molecule has 3 rings (SSSR count). The molecule has 28 heavy (non-hydrogen) atoms. The first-order chi connectivity index (χ1) is 13.1. The number of nitrogens with one attached hydrogen (secondary N) is 1. The molecule has 1 aromatic carbocycles. The van der Waals surface area contributed by atoms with Crippen molar-refractivity contribution in [3.8, 4) is 0 Å². The SMILES string of the molecule is CCNC(=NCCc1ccc(C)cc1)N1CCN(Cc2cc(C)on2)CC1.I. The molecule has 0 saturated carbocycles. The second-order valence-electron chi connectivity index (χ2n) is 7.16. The average Bonchev–Trinajstić information content (AvgIpc) is 3.08. The number of rotatable bonds is 6. The number of aryl methyl sites for hydroxylation is 2. The van der Waals surface area contributed by atoms with E-state index in [1.165, 1.54) is 11.1 Å². The summed E-state index contributed by atoms with van der Waals surface area (Å²) < 4.78 is 5.17. The van der Waals surface area contributed by atoms with Crippen LogP contribution in [0.25, 0.3) is 0 Å². The lowest BCUT2D eigenvalue weighted by Gasteiger charge is -2.36. The third-order valence-electron chi connectivity index (χ3n) is 4.85. The van der Waals surface area contributed by atoms with Crippen LogP contribution >= 0.6 is 24.0 Å². The van der Waals surface area contributed by atoms with Crippen LogP contribution in [0.4, 0.5) is 0 Å². The normalized spacial score (nSPS) is 15.4. The number of hydrogen-bond acceptors (Lipinski definition) is 4. The molecule has 0 spiro atoms. The first-order valence-corrected chi connectivity index (χ1v) is 9.87. The van der Waals surface area contributed by atoms with Crippen molar-refractivity contribution < 1.29 is 4.52 Å². The van der Waals surface area contributed by atoms with Crippen molar-refractivity contribution in [2.75, 3.05) is 39.3 Å². The Balaban J connectivity index is 0.00000280. The van der Waals surface area contributed by atoms with Crippen LogP contribution in [0, 0.1) is 13.8 Å². The number of nitrogens with zero attached hydrogens (tertiary/aromatic N) is 4. The number of piperazine rings is 1. The lowest BCUT2D eigenvalue weighted by Crippen LogP contribution is -2.52. The lowest BCUT2D eigenvalue weighted by atomic mass is 10.1. The van der Waals surface area contributed by atoms with E-state index in [0.29, 0.717) is 0 Å². The Labute approximate surface area is 185 Å². The van der Waals surface area contributed by atoms with Crippen LogP contribution in [0.1, 0.15) is 29.5 Å². The van der Waals surface area contributed by atoms with E-state index in [0.717, 1.165) is 69.6 Å². The van der Waals surface area contributed by atoms with Crippen LogP contribution in [0.5, 0.6) is 0 Å². The number of hydrogen-bond donors (Lipinski definition) is 1. The molecule has 1 fully saturated rings. The molecule has 1 aliphatic rings. The monoisotopic (exact) mass is 497 g/mol. The quantitative estimate of drug-likeness (QED) is 0.378. The van der Waals surface area contributed by atoms with Crippen molar-refractivity contribution in [3.63, 3.8) is 0 Å². The van der Waals surface area contributed by atoms with E-state index < -0.39 is 0 Å². The first kappa shape index (κ1) is 22.7. The summed E-state index contributed by atoms with van der Waals surface area (Å²) in [6.45, 7) is 12.7. The molecule has 0 unspecified atom stereocenters. The van der Waals surface area contributed by atoms with E-state index in [2.05, 4.69) is 58.4 Å². The Morgan fingerprint density at radius 3 is 2.46 bits per heavy atom. The Kier molecular flexibility index (Phi) is 9.24.